The van der Waals surface area contributed by atoms with E-state index in [1.807, 2.05) is 20.8 Å². The lowest BCUT2D eigenvalue weighted by atomic mass is 10.2. The van der Waals surface area contributed by atoms with Crippen molar-refractivity contribution in [1.29, 1.82) is 0 Å². The largest absolute Gasteiger partial charge is 0.858 e. The molecule has 0 rings (SSSR count). The van der Waals surface area contributed by atoms with Crippen LogP contribution in [0.15, 0.2) is 0 Å². The molecule has 0 atom stereocenters. The van der Waals surface area contributed by atoms with E-state index in [4.69, 9.17) is 0 Å². The van der Waals surface area contributed by atoms with Gasteiger partial charge in [0.2, 0.25) is 0 Å². The second kappa shape index (κ2) is 13.8. The molecular weight excluding hydrogens is 274 g/mol. The number of hydrogen-bond acceptors (Lipinski definition) is 1. The summed E-state index contributed by atoms with van der Waals surface area (Å²) in [4.78, 5) is 11.3. The van der Waals surface area contributed by atoms with Crippen LogP contribution in [0.4, 0.5) is 0 Å². The van der Waals surface area contributed by atoms with Crippen molar-refractivity contribution in [1.82, 2.24) is 0 Å². The molecule has 0 radical (unpaired) electrons. The van der Waals surface area contributed by atoms with Gasteiger partial charge in [-0.05, 0) is 34.0 Å². The van der Waals surface area contributed by atoms with Crippen LogP contribution in [0, 0.1) is 0 Å². The average Bonchev–Trinajstić information content (AvgIpc) is 2.48. The zero-order valence-electron chi connectivity index (χ0n) is 16.1. The van der Waals surface area contributed by atoms with Crippen molar-refractivity contribution in [2.45, 2.75) is 92.3 Å². The normalized spacial score (nSPS) is 12.0. The van der Waals surface area contributed by atoms with Gasteiger partial charge in [0.1, 0.15) is 0 Å². The Hall–Kier alpha value is 0.137. The van der Waals surface area contributed by atoms with Crippen molar-refractivity contribution in [3.63, 3.8) is 0 Å². The number of rotatable bonds is 11. The summed E-state index contributed by atoms with van der Waals surface area (Å²) >= 11 is 0. The number of hydrogen-bond donors (Lipinski definition) is 0. The van der Waals surface area contributed by atoms with Gasteiger partial charge in [-0.1, -0.05) is 66.6 Å². The molecule has 0 saturated carbocycles. The summed E-state index contributed by atoms with van der Waals surface area (Å²) in [6.45, 7) is 20.9. The fraction of sp³-hybridized carbons (Fsp3) is 1.00. The summed E-state index contributed by atoms with van der Waals surface area (Å²) in [5.74, 6) is 0. The van der Waals surface area contributed by atoms with E-state index >= 15 is 0 Å². The first kappa shape index (κ1) is 23.4. The van der Waals surface area contributed by atoms with Crippen molar-refractivity contribution in [3.8, 4) is 0 Å². The van der Waals surface area contributed by atoms with E-state index in [2.05, 4.69) is 27.7 Å². The topological polar surface area (TPSA) is 23.1 Å². The number of quaternary nitrogens is 1. The van der Waals surface area contributed by atoms with Crippen LogP contribution in [0.3, 0.4) is 0 Å². The maximum absolute atomic E-state index is 11.3. The van der Waals surface area contributed by atoms with Gasteiger partial charge < -0.3 is 9.28 Å². The van der Waals surface area contributed by atoms with Gasteiger partial charge in [0, 0.05) is 0 Å². The molecule has 0 aromatic carbocycles. The minimum atomic E-state index is -1.92. The lowest BCUT2D eigenvalue weighted by Gasteiger charge is -2.38. The van der Waals surface area contributed by atoms with Gasteiger partial charge in [0.15, 0.2) is 0 Å². The van der Waals surface area contributed by atoms with Crippen LogP contribution >= 0.6 is 0 Å². The molecule has 3 heteroatoms. The molecule has 0 spiro atoms. The molecule has 21 heavy (non-hydrogen) atoms. The second-order valence-electron chi connectivity index (χ2n) is 6.48. The third-order valence-electron chi connectivity index (χ3n) is 4.72. The van der Waals surface area contributed by atoms with Crippen LogP contribution < -0.4 is 4.80 Å². The fourth-order valence-electron chi connectivity index (χ4n) is 3.32. The molecule has 0 aliphatic carbocycles. The van der Waals surface area contributed by atoms with Gasteiger partial charge in [-0.2, -0.15) is 0 Å². The molecule has 2 nitrogen and oxygen atoms in total. The van der Waals surface area contributed by atoms with Gasteiger partial charge in [0.25, 0.3) is 0 Å². The lowest BCUT2D eigenvalue weighted by Crippen LogP contribution is -2.50. The van der Waals surface area contributed by atoms with Gasteiger partial charge in [-0.15, -0.1) is 0 Å². The van der Waals surface area contributed by atoms with Crippen LogP contribution in [0.5, 0.6) is 0 Å². The van der Waals surface area contributed by atoms with Gasteiger partial charge in [-0.3, -0.25) is 0 Å². The minimum absolute atomic E-state index is 0.903. The van der Waals surface area contributed by atoms with Crippen molar-refractivity contribution in [3.05, 3.63) is 0 Å². The Morgan fingerprint density at radius 3 is 0.905 bits per heavy atom. The van der Waals surface area contributed by atoms with Crippen molar-refractivity contribution in [2.75, 3.05) is 26.2 Å². The Labute approximate surface area is 136 Å². The van der Waals surface area contributed by atoms with Crippen LogP contribution in [0.25, 0.3) is 0 Å². The summed E-state index contributed by atoms with van der Waals surface area (Å²) in [5.41, 5.74) is 0. The molecule has 130 valence electrons. The molecule has 0 bridgehead atoms. The average molecular weight is 318 g/mol. The first-order chi connectivity index (χ1) is 9.92. The van der Waals surface area contributed by atoms with E-state index in [0.717, 1.165) is 18.1 Å². The highest BCUT2D eigenvalue weighted by atomic mass is 28.4. The molecule has 0 unspecified atom stereocenters. The first-order valence-electron chi connectivity index (χ1n) is 9.48. The Morgan fingerprint density at radius 1 is 0.571 bits per heavy atom. The molecule has 0 aromatic rings. The molecule has 0 fully saturated rings. The van der Waals surface area contributed by atoms with E-state index in [1.54, 1.807) is 0 Å². The monoisotopic (exact) mass is 317 g/mol. The molecule has 0 saturated heterocycles. The maximum Gasteiger partial charge on any atom is 0.0783 e. The summed E-state index contributed by atoms with van der Waals surface area (Å²) in [7, 11) is -1.92. The van der Waals surface area contributed by atoms with E-state index < -0.39 is 8.32 Å². The quantitative estimate of drug-likeness (QED) is 0.397. The molecule has 0 aliphatic rings. The van der Waals surface area contributed by atoms with E-state index in [-0.39, 0.29) is 0 Å². The van der Waals surface area contributed by atoms with Crippen LogP contribution in [0.2, 0.25) is 18.1 Å². The summed E-state index contributed by atoms with van der Waals surface area (Å²) in [6, 6.07) is 2.71. The third-order valence-corrected chi connectivity index (χ3v) is 8.59. The fourth-order valence-corrected chi connectivity index (χ4v) is 4.82. The van der Waals surface area contributed by atoms with Gasteiger partial charge >= 0.3 is 0 Å². The summed E-state index contributed by atoms with van der Waals surface area (Å²) in [6.07, 6.45) is 5.33. The van der Waals surface area contributed by atoms with E-state index in [9.17, 15) is 4.80 Å². The van der Waals surface area contributed by atoms with E-state index in [1.165, 1.54) is 56.3 Å². The molecule has 0 aliphatic heterocycles. The van der Waals surface area contributed by atoms with Gasteiger partial charge in [0.05, 0.1) is 26.2 Å². The number of nitrogens with zero attached hydrogens (tertiary/aromatic N) is 1. The predicted octanol–water partition coefficient (Wildman–Crippen LogP) is 4.80. The SMILES string of the molecule is CCC[N+](CCC)(CCC)CCC.CC[Si]([O-])(CC)CC. The maximum atomic E-state index is 11.3. The van der Waals surface area contributed by atoms with Crippen LogP contribution in [-0.2, 0) is 0 Å². The minimum Gasteiger partial charge on any atom is -0.858 e. The summed E-state index contributed by atoms with van der Waals surface area (Å²) < 4.78 is 1.38. The van der Waals surface area contributed by atoms with Crippen molar-refractivity contribution in [2.24, 2.45) is 0 Å². The standard InChI is InChI=1S/C12H28N.C6H15OSi/c1-5-9-13(10-6-2,11-7-3)12-8-4;1-4-8(7,5-2)6-3/h5-12H2,1-4H3;4-6H2,1-3H3/q+1;-1. The predicted molar refractivity (Wildman–Crippen MR) is 98.1 cm³/mol. The van der Waals surface area contributed by atoms with Crippen LogP contribution in [0.1, 0.15) is 74.1 Å². The molecule has 0 heterocycles. The van der Waals surface area contributed by atoms with Crippen LogP contribution in [-0.4, -0.2) is 39.0 Å². The van der Waals surface area contributed by atoms with Gasteiger partial charge in [-0.25, -0.2) is 0 Å². The highest BCUT2D eigenvalue weighted by Gasteiger charge is 2.22. The highest BCUT2D eigenvalue weighted by molar-refractivity contribution is 6.70. The van der Waals surface area contributed by atoms with E-state index in [0.29, 0.717) is 0 Å². The Bertz CT molecular complexity index is 179. The lowest BCUT2D eigenvalue weighted by molar-refractivity contribution is -0.928. The third kappa shape index (κ3) is 10.5. The Morgan fingerprint density at radius 2 is 0.810 bits per heavy atom. The zero-order chi connectivity index (χ0) is 16.8. The molecule has 0 aromatic heterocycles. The molecule has 0 N–H and O–H groups in total. The Kier molecular flexibility index (Phi) is 15.4. The molecule has 0 amide bonds. The second-order valence-corrected chi connectivity index (χ2v) is 11.0. The highest BCUT2D eigenvalue weighted by Crippen LogP contribution is 2.12. The van der Waals surface area contributed by atoms with Crippen molar-refractivity contribution < 1.29 is 9.28 Å². The molecular formula is C18H43NOSi. The Balaban J connectivity index is 0. The summed E-state index contributed by atoms with van der Waals surface area (Å²) in [5, 5.41) is 0. The first-order valence-corrected chi connectivity index (χ1v) is 12.0. The van der Waals surface area contributed by atoms with Crippen molar-refractivity contribution >= 4 is 8.32 Å². The zero-order valence-corrected chi connectivity index (χ0v) is 17.1. The smallest absolute Gasteiger partial charge is 0.0783 e.